The molecule has 1 amide bonds. The van der Waals surface area contributed by atoms with Crippen LogP contribution in [-0.4, -0.2) is 35.3 Å². The number of aryl methyl sites for hydroxylation is 1. The lowest BCUT2D eigenvalue weighted by Gasteiger charge is -2.27. The summed E-state index contributed by atoms with van der Waals surface area (Å²) in [6.07, 6.45) is 1.91. The monoisotopic (exact) mass is 372 g/mol. The fraction of sp³-hybridized carbons (Fsp3) is 0.450. The number of ether oxygens (including phenoxy) is 2. The minimum Gasteiger partial charge on any atom is -0.490 e. The standard InChI is InChI=1S/C20H28N4O3/c1-13(2)11-20(4,21)12-27-17-7-6-16(23-14(17)3)15-8-9-22-18(10-15)24-19(25)26-5/h6-10,13H,11-12,21H2,1-5H3,(H,22,24,25). The zero-order valence-corrected chi connectivity index (χ0v) is 16.6. The van der Waals surface area contributed by atoms with E-state index in [1.807, 2.05) is 32.0 Å². The maximum atomic E-state index is 11.3. The number of carbonyl (C=O) groups excluding carboxylic acids is 1. The molecule has 0 saturated carbocycles. The van der Waals surface area contributed by atoms with Crippen LogP contribution in [0.3, 0.4) is 0 Å². The van der Waals surface area contributed by atoms with Crippen molar-refractivity contribution >= 4 is 11.9 Å². The number of carbonyl (C=O) groups is 1. The van der Waals surface area contributed by atoms with Crippen molar-refractivity contribution in [3.63, 3.8) is 0 Å². The van der Waals surface area contributed by atoms with Crippen LogP contribution >= 0.6 is 0 Å². The third-order valence-corrected chi connectivity index (χ3v) is 3.94. The average molecular weight is 372 g/mol. The third kappa shape index (κ3) is 6.21. The number of methoxy groups -OCH3 is 1. The molecule has 0 radical (unpaired) electrons. The normalized spacial score (nSPS) is 13.1. The van der Waals surface area contributed by atoms with Gasteiger partial charge in [-0.3, -0.25) is 5.32 Å². The Kier molecular flexibility index (Phi) is 6.74. The van der Waals surface area contributed by atoms with E-state index >= 15 is 0 Å². The van der Waals surface area contributed by atoms with E-state index in [0.29, 0.717) is 24.1 Å². The van der Waals surface area contributed by atoms with Gasteiger partial charge < -0.3 is 15.2 Å². The zero-order chi connectivity index (χ0) is 20.0. The maximum absolute atomic E-state index is 11.3. The molecule has 2 aromatic heterocycles. The summed E-state index contributed by atoms with van der Waals surface area (Å²) in [5.41, 5.74) is 8.27. The highest BCUT2D eigenvalue weighted by molar-refractivity contribution is 5.84. The first-order valence-corrected chi connectivity index (χ1v) is 8.91. The Morgan fingerprint density at radius 2 is 2.07 bits per heavy atom. The van der Waals surface area contributed by atoms with Gasteiger partial charge in [0.1, 0.15) is 18.2 Å². The van der Waals surface area contributed by atoms with E-state index in [2.05, 4.69) is 33.9 Å². The van der Waals surface area contributed by atoms with Crippen LogP contribution < -0.4 is 15.8 Å². The summed E-state index contributed by atoms with van der Waals surface area (Å²) in [5, 5.41) is 2.54. The number of pyridine rings is 2. The highest BCUT2D eigenvalue weighted by atomic mass is 16.5. The SMILES string of the molecule is COC(=O)Nc1cc(-c2ccc(OCC(C)(N)CC(C)C)c(C)n2)ccn1. The molecule has 27 heavy (non-hydrogen) atoms. The van der Waals surface area contributed by atoms with Crippen LogP contribution in [0, 0.1) is 12.8 Å². The Labute approximate surface area is 160 Å². The van der Waals surface area contributed by atoms with Gasteiger partial charge in [0.2, 0.25) is 0 Å². The van der Waals surface area contributed by atoms with Crippen LogP contribution in [-0.2, 0) is 4.74 Å². The fourth-order valence-electron chi connectivity index (χ4n) is 2.91. The van der Waals surface area contributed by atoms with Crippen molar-refractivity contribution in [1.82, 2.24) is 9.97 Å². The summed E-state index contributed by atoms with van der Waals surface area (Å²) in [6, 6.07) is 7.32. The van der Waals surface area contributed by atoms with Crippen LogP contribution in [0.1, 0.15) is 32.9 Å². The molecule has 2 rings (SSSR count). The molecule has 7 heteroatoms. The van der Waals surface area contributed by atoms with E-state index in [-0.39, 0.29) is 0 Å². The minimum absolute atomic E-state index is 0.390. The van der Waals surface area contributed by atoms with Gasteiger partial charge in [-0.15, -0.1) is 0 Å². The molecular formula is C20H28N4O3. The predicted octanol–water partition coefficient (Wildman–Crippen LogP) is 3.77. The van der Waals surface area contributed by atoms with Crippen molar-refractivity contribution in [2.75, 3.05) is 19.0 Å². The van der Waals surface area contributed by atoms with Crippen LogP contribution in [0.2, 0.25) is 0 Å². The second-order valence-electron chi connectivity index (χ2n) is 7.37. The summed E-state index contributed by atoms with van der Waals surface area (Å²) in [4.78, 5) is 20.0. The van der Waals surface area contributed by atoms with Crippen molar-refractivity contribution in [1.29, 1.82) is 0 Å². The number of anilines is 1. The molecule has 0 aliphatic rings. The van der Waals surface area contributed by atoms with Gasteiger partial charge in [-0.05, 0) is 50.5 Å². The first kappa shape index (κ1) is 20.6. The Hall–Kier alpha value is -2.67. The van der Waals surface area contributed by atoms with E-state index in [1.54, 1.807) is 12.3 Å². The molecule has 0 aliphatic carbocycles. The molecule has 1 unspecified atom stereocenters. The number of aromatic nitrogens is 2. The molecule has 0 aliphatic heterocycles. The number of nitrogens with one attached hydrogen (secondary N) is 1. The van der Waals surface area contributed by atoms with E-state index in [1.165, 1.54) is 7.11 Å². The lowest BCUT2D eigenvalue weighted by atomic mass is 9.93. The molecule has 3 N–H and O–H groups in total. The Bertz CT molecular complexity index is 791. The van der Waals surface area contributed by atoms with E-state index in [9.17, 15) is 4.79 Å². The first-order chi connectivity index (χ1) is 12.7. The second-order valence-corrected chi connectivity index (χ2v) is 7.37. The number of nitrogens with two attached hydrogens (primary N) is 1. The summed E-state index contributed by atoms with van der Waals surface area (Å²) < 4.78 is 10.5. The Morgan fingerprint density at radius 3 is 2.70 bits per heavy atom. The summed E-state index contributed by atoms with van der Waals surface area (Å²) in [6.45, 7) is 8.60. The predicted molar refractivity (Wildman–Crippen MR) is 106 cm³/mol. The van der Waals surface area contributed by atoms with Gasteiger partial charge in [0.15, 0.2) is 0 Å². The summed E-state index contributed by atoms with van der Waals surface area (Å²) in [5.74, 6) is 1.61. The first-order valence-electron chi connectivity index (χ1n) is 8.91. The largest absolute Gasteiger partial charge is 0.490 e. The van der Waals surface area contributed by atoms with Gasteiger partial charge in [0, 0.05) is 17.3 Å². The molecule has 0 aromatic carbocycles. The highest BCUT2D eigenvalue weighted by Gasteiger charge is 2.21. The third-order valence-electron chi connectivity index (χ3n) is 3.94. The van der Waals surface area contributed by atoms with Crippen molar-refractivity contribution in [3.8, 4) is 17.0 Å². The highest BCUT2D eigenvalue weighted by Crippen LogP contribution is 2.25. The van der Waals surface area contributed by atoms with Gasteiger partial charge in [-0.1, -0.05) is 13.8 Å². The lowest BCUT2D eigenvalue weighted by molar-refractivity contribution is 0.187. The topological polar surface area (TPSA) is 99.4 Å². The van der Waals surface area contributed by atoms with Crippen LogP contribution in [0.4, 0.5) is 10.6 Å². The summed E-state index contributed by atoms with van der Waals surface area (Å²) >= 11 is 0. The number of nitrogens with zero attached hydrogens (tertiary/aromatic N) is 2. The van der Waals surface area contributed by atoms with Crippen LogP contribution in [0.15, 0.2) is 30.5 Å². The summed E-state index contributed by atoms with van der Waals surface area (Å²) in [7, 11) is 1.30. The molecular weight excluding hydrogens is 344 g/mol. The van der Waals surface area contributed by atoms with Crippen molar-refractivity contribution in [2.24, 2.45) is 11.7 Å². The Morgan fingerprint density at radius 1 is 1.33 bits per heavy atom. The molecule has 7 nitrogen and oxygen atoms in total. The number of rotatable bonds is 7. The van der Waals surface area contributed by atoms with E-state index in [0.717, 1.165) is 23.4 Å². The molecule has 0 spiro atoms. The van der Waals surface area contributed by atoms with Crippen LogP contribution in [0.25, 0.3) is 11.3 Å². The Balaban J connectivity index is 2.12. The lowest BCUT2D eigenvalue weighted by Crippen LogP contribution is -2.43. The molecule has 1 atom stereocenters. The van der Waals surface area contributed by atoms with Gasteiger partial charge >= 0.3 is 6.09 Å². The van der Waals surface area contributed by atoms with Crippen molar-refractivity contribution in [2.45, 2.75) is 39.7 Å². The van der Waals surface area contributed by atoms with Crippen LogP contribution in [0.5, 0.6) is 5.75 Å². The van der Waals surface area contributed by atoms with Crippen molar-refractivity contribution in [3.05, 3.63) is 36.2 Å². The quantitative estimate of drug-likeness (QED) is 0.767. The second kappa shape index (κ2) is 8.81. The number of hydrogen-bond donors (Lipinski definition) is 2. The zero-order valence-electron chi connectivity index (χ0n) is 16.6. The van der Waals surface area contributed by atoms with E-state index < -0.39 is 11.6 Å². The number of amides is 1. The van der Waals surface area contributed by atoms with Gasteiger partial charge in [-0.25, -0.2) is 14.8 Å². The fourth-order valence-corrected chi connectivity index (χ4v) is 2.91. The van der Waals surface area contributed by atoms with Gasteiger partial charge in [0.05, 0.1) is 18.5 Å². The molecule has 2 aromatic rings. The van der Waals surface area contributed by atoms with Gasteiger partial charge in [-0.2, -0.15) is 0 Å². The van der Waals surface area contributed by atoms with Crippen molar-refractivity contribution < 1.29 is 14.3 Å². The molecule has 0 saturated heterocycles. The van der Waals surface area contributed by atoms with E-state index in [4.69, 9.17) is 10.5 Å². The smallest absolute Gasteiger partial charge is 0.412 e. The molecule has 146 valence electrons. The maximum Gasteiger partial charge on any atom is 0.412 e. The molecule has 0 fully saturated rings. The average Bonchev–Trinajstić information content (AvgIpc) is 2.59. The minimum atomic E-state index is -0.571. The van der Waals surface area contributed by atoms with Gasteiger partial charge in [0.25, 0.3) is 0 Å². The molecule has 0 bridgehead atoms. The number of hydrogen-bond acceptors (Lipinski definition) is 6. The molecule has 2 heterocycles.